The summed E-state index contributed by atoms with van der Waals surface area (Å²) in [7, 11) is 1.57. The zero-order chi connectivity index (χ0) is 11.9. The fraction of sp³-hybridized carbons (Fsp3) is 0.667. The molecule has 0 aromatic heterocycles. The molecule has 0 bridgehead atoms. The van der Waals surface area contributed by atoms with Gasteiger partial charge in [0.25, 0.3) is 5.91 Å². The smallest absolute Gasteiger partial charge is 0.297 e. The number of amides is 1. The third kappa shape index (κ3) is 2.15. The topological polar surface area (TPSA) is 54.3 Å². The summed E-state index contributed by atoms with van der Waals surface area (Å²) in [5.74, 6) is -0.178. The van der Waals surface area contributed by atoms with E-state index in [-0.39, 0.29) is 17.5 Å². The second-order valence-electron chi connectivity index (χ2n) is 3.91. The Bertz CT molecular complexity index is 392. The molecule has 1 aliphatic carbocycles. The van der Waals surface area contributed by atoms with Crippen LogP contribution in [0.25, 0.3) is 0 Å². The van der Waals surface area contributed by atoms with Gasteiger partial charge >= 0.3 is 0 Å². The summed E-state index contributed by atoms with van der Waals surface area (Å²) in [5.41, 5.74) is 0.782. The van der Waals surface area contributed by atoms with Crippen LogP contribution in [-0.4, -0.2) is 40.3 Å². The van der Waals surface area contributed by atoms with Crippen LogP contribution >= 0.6 is 23.2 Å². The largest absolute Gasteiger partial charge is 0.395 e. The SMILES string of the molecule is CC1=NN(C)C(=O)C1=NOCC1CC1(Cl)Cl. The lowest BCUT2D eigenvalue weighted by Gasteiger charge is -2.02. The van der Waals surface area contributed by atoms with E-state index in [1.54, 1.807) is 14.0 Å². The van der Waals surface area contributed by atoms with Gasteiger partial charge in [0.15, 0.2) is 5.71 Å². The van der Waals surface area contributed by atoms with E-state index in [0.29, 0.717) is 18.7 Å². The molecule has 0 radical (unpaired) electrons. The Morgan fingerprint density at radius 3 is 2.75 bits per heavy atom. The van der Waals surface area contributed by atoms with E-state index in [9.17, 15) is 4.79 Å². The van der Waals surface area contributed by atoms with Crippen molar-refractivity contribution in [3.05, 3.63) is 0 Å². The summed E-state index contributed by atoms with van der Waals surface area (Å²) in [4.78, 5) is 16.5. The summed E-state index contributed by atoms with van der Waals surface area (Å²) < 4.78 is -0.681. The summed E-state index contributed by atoms with van der Waals surface area (Å²) in [6.45, 7) is 2.02. The molecule has 5 nitrogen and oxygen atoms in total. The zero-order valence-electron chi connectivity index (χ0n) is 8.91. The Labute approximate surface area is 103 Å². The molecule has 1 atom stereocenters. The molecule has 0 aromatic rings. The molecule has 1 unspecified atom stereocenters. The van der Waals surface area contributed by atoms with Crippen molar-refractivity contribution in [2.75, 3.05) is 13.7 Å². The molecule has 7 heteroatoms. The lowest BCUT2D eigenvalue weighted by atomic mass is 10.3. The van der Waals surface area contributed by atoms with Crippen molar-refractivity contribution >= 4 is 40.5 Å². The number of alkyl halides is 2. The van der Waals surface area contributed by atoms with Crippen LogP contribution < -0.4 is 0 Å². The maximum atomic E-state index is 11.5. The summed E-state index contributed by atoms with van der Waals surface area (Å²) >= 11 is 11.6. The first-order valence-electron chi connectivity index (χ1n) is 4.83. The van der Waals surface area contributed by atoms with Crippen LogP contribution in [0.2, 0.25) is 0 Å². The number of rotatable bonds is 3. The van der Waals surface area contributed by atoms with Gasteiger partial charge in [0.05, 0.1) is 5.71 Å². The minimum atomic E-state index is -0.681. The van der Waals surface area contributed by atoms with Crippen LogP contribution in [0.5, 0.6) is 0 Å². The molecule has 0 N–H and O–H groups in total. The van der Waals surface area contributed by atoms with E-state index < -0.39 is 4.33 Å². The fourth-order valence-corrected chi connectivity index (χ4v) is 1.87. The highest BCUT2D eigenvalue weighted by Gasteiger charge is 2.52. The van der Waals surface area contributed by atoms with E-state index in [0.717, 1.165) is 0 Å². The molecule has 2 aliphatic rings. The average molecular weight is 264 g/mol. The predicted octanol–water partition coefficient (Wildman–Crippen LogP) is 1.40. The summed E-state index contributed by atoms with van der Waals surface area (Å²) in [5, 5.41) is 8.91. The molecular formula is C9H11Cl2N3O2. The Kier molecular flexibility index (Phi) is 2.84. The molecule has 1 fully saturated rings. The quantitative estimate of drug-likeness (QED) is 0.571. The van der Waals surface area contributed by atoms with Gasteiger partial charge in [-0.25, -0.2) is 5.01 Å². The molecular weight excluding hydrogens is 253 g/mol. The van der Waals surface area contributed by atoms with Gasteiger partial charge in [0.1, 0.15) is 10.9 Å². The van der Waals surface area contributed by atoms with Crippen molar-refractivity contribution in [2.24, 2.45) is 16.2 Å². The maximum absolute atomic E-state index is 11.5. The summed E-state index contributed by atoms with van der Waals surface area (Å²) in [6.07, 6.45) is 0.696. The molecule has 88 valence electrons. The number of hydrazone groups is 1. The van der Waals surface area contributed by atoms with E-state index >= 15 is 0 Å². The van der Waals surface area contributed by atoms with Crippen molar-refractivity contribution < 1.29 is 9.63 Å². The molecule has 2 rings (SSSR count). The van der Waals surface area contributed by atoms with E-state index in [4.69, 9.17) is 28.0 Å². The number of carbonyl (C=O) groups excluding carboxylic acids is 1. The van der Waals surface area contributed by atoms with Gasteiger partial charge in [0.2, 0.25) is 0 Å². The van der Waals surface area contributed by atoms with Crippen molar-refractivity contribution in [1.82, 2.24) is 5.01 Å². The van der Waals surface area contributed by atoms with Crippen LogP contribution in [0.4, 0.5) is 0 Å². The van der Waals surface area contributed by atoms with E-state index in [2.05, 4.69) is 10.3 Å². The van der Waals surface area contributed by atoms with Crippen molar-refractivity contribution in [1.29, 1.82) is 0 Å². The first kappa shape index (κ1) is 11.7. The number of nitrogens with zero attached hydrogens (tertiary/aromatic N) is 3. The Morgan fingerprint density at radius 1 is 1.69 bits per heavy atom. The molecule has 16 heavy (non-hydrogen) atoms. The highest BCUT2D eigenvalue weighted by Crippen LogP contribution is 2.53. The molecule has 1 heterocycles. The van der Waals surface area contributed by atoms with Crippen LogP contribution in [0.3, 0.4) is 0 Å². The first-order chi connectivity index (χ1) is 7.42. The third-order valence-corrected chi connectivity index (χ3v) is 3.45. The van der Waals surface area contributed by atoms with Crippen molar-refractivity contribution in [3.8, 4) is 0 Å². The van der Waals surface area contributed by atoms with Crippen molar-refractivity contribution in [3.63, 3.8) is 0 Å². The van der Waals surface area contributed by atoms with Gasteiger partial charge in [0, 0.05) is 13.0 Å². The average Bonchev–Trinajstić information content (AvgIpc) is 2.71. The molecule has 1 saturated carbocycles. The Balaban J connectivity index is 1.89. The van der Waals surface area contributed by atoms with Crippen LogP contribution in [-0.2, 0) is 9.63 Å². The van der Waals surface area contributed by atoms with Gasteiger partial charge in [-0.3, -0.25) is 4.79 Å². The van der Waals surface area contributed by atoms with Crippen molar-refractivity contribution in [2.45, 2.75) is 17.7 Å². The summed E-state index contributed by atoms with van der Waals surface area (Å²) in [6, 6.07) is 0. The molecule has 0 saturated heterocycles. The Hall–Kier alpha value is -0.810. The lowest BCUT2D eigenvalue weighted by Crippen LogP contribution is -2.24. The predicted molar refractivity (Wildman–Crippen MR) is 61.8 cm³/mol. The highest BCUT2D eigenvalue weighted by atomic mass is 35.5. The zero-order valence-corrected chi connectivity index (χ0v) is 10.4. The van der Waals surface area contributed by atoms with Crippen LogP contribution in [0, 0.1) is 5.92 Å². The highest BCUT2D eigenvalue weighted by molar-refractivity contribution is 6.68. The number of hydrogen-bond acceptors (Lipinski definition) is 4. The number of hydrogen-bond donors (Lipinski definition) is 0. The van der Waals surface area contributed by atoms with Gasteiger partial charge in [-0.05, 0) is 13.3 Å². The van der Waals surface area contributed by atoms with E-state index in [1.165, 1.54) is 5.01 Å². The molecule has 1 amide bonds. The number of oxime groups is 1. The molecule has 1 aliphatic heterocycles. The second kappa shape index (κ2) is 3.89. The maximum Gasteiger partial charge on any atom is 0.297 e. The first-order valence-corrected chi connectivity index (χ1v) is 5.59. The monoisotopic (exact) mass is 263 g/mol. The number of halogens is 2. The lowest BCUT2D eigenvalue weighted by molar-refractivity contribution is -0.122. The Morgan fingerprint density at radius 2 is 2.31 bits per heavy atom. The van der Waals surface area contributed by atoms with Gasteiger partial charge in [-0.1, -0.05) is 5.16 Å². The van der Waals surface area contributed by atoms with E-state index in [1.807, 2.05) is 0 Å². The van der Waals surface area contributed by atoms with Gasteiger partial charge in [-0.15, -0.1) is 23.2 Å². The number of carbonyl (C=O) groups is 1. The van der Waals surface area contributed by atoms with Crippen LogP contribution in [0.1, 0.15) is 13.3 Å². The third-order valence-electron chi connectivity index (χ3n) is 2.53. The second-order valence-corrected chi connectivity index (χ2v) is 5.45. The van der Waals surface area contributed by atoms with Gasteiger partial charge in [-0.2, -0.15) is 5.10 Å². The minimum absolute atomic E-state index is 0.0895. The normalized spacial score (nSPS) is 29.6. The minimum Gasteiger partial charge on any atom is -0.395 e. The molecule has 0 aromatic carbocycles. The fourth-order valence-electron chi connectivity index (χ4n) is 1.37. The van der Waals surface area contributed by atoms with Crippen LogP contribution in [0.15, 0.2) is 10.3 Å². The van der Waals surface area contributed by atoms with Gasteiger partial charge < -0.3 is 4.84 Å². The standard InChI is InChI=1S/C9H11Cl2N3O2/c1-5-7(8(15)14(2)12-5)13-16-4-6-3-9(6,10)11/h6H,3-4H2,1-2H3. The molecule has 0 spiro atoms.